The van der Waals surface area contributed by atoms with E-state index in [0.29, 0.717) is 6.04 Å². The monoisotopic (exact) mass is 234 g/mol. The van der Waals surface area contributed by atoms with E-state index < -0.39 is 0 Å². The second kappa shape index (κ2) is 5.39. The van der Waals surface area contributed by atoms with Crippen LogP contribution >= 0.6 is 0 Å². The maximum absolute atomic E-state index is 11.3. The Hall–Kier alpha value is -1.25. The lowest BCUT2D eigenvalue weighted by atomic mass is 9.83. The Labute approximate surface area is 103 Å². The molecular weight excluding hydrogens is 212 g/mol. The molecule has 94 valence electrons. The van der Waals surface area contributed by atoms with E-state index in [0.717, 1.165) is 11.6 Å². The lowest BCUT2D eigenvalue weighted by Crippen LogP contribution is -2.32. The van der Waals surface area contributed by atoms with Crippen LogP contribution in [0.2, 0.25) is 0 Å². The number of nitrogens with one attached hydrogen (secondary N) is 1. The molecule has 0 spiro atoms. The normalized spacial score (nSPS) is 24.6. The highest BCUT2D eigenvalue weighted by Crippen LogP contribution is 2.29. The van der Waals surface area contributed by atoms with Gasteiger partial charge in [0, 0.05) is 25.4 Å². The molecule has 1 aliphatic carbocycles. The van der Waals surface area contributed by atoms with E-state index >= 15 is 0 Å². The minimum Gasteiger partial charge on any atom is -0.381 e. The molecule has 2 rings (SSSR count). The standard InChI is InChI=1S/C14H22N2O/c1-3-11-6-4-5-7-13(11)15-12-8-9-14(17)16(2)10-12/h8-11,13,15H,3-7H2,1-2H3. The molecule has 1 heterocycles. The van der Waals surface area contributed by atoms with Crippen LogP contribution in [0.4, 0.5) is 5.69 Å². The molecule has 0 aromatic carbocycles. The second-order valence-corrected chi connectivity index (χ2v) is 5.07. The van der Waals surface area contributed by atoms with Crippen LogP contribution in [-0.2, 0) is 7.05 Å². The van der Waals surface area contributed by atoms with Gasteiger partial charge in [-0.3, -0.25) is 4.79 Å². The molecule has 1 aliphatic rings. The van der Waals surface area contributed by atoms with Crippen LogP contribution in [0.25, 0.3) is 0 Å². The highest BCUT2D eigenvalue weighted by atomic mass is 16.1. The van der Waals surface area contributed by atoms with Gasteiger partial charge in [-0.25, -0.2) is 0 Å². The molecule has 0 amide bonds. The third kappa shape index (κ3) is 2.90. The van der Waals surface area contributed by atoms with Crippen molar-refractivity contribution in [3.8, 4) is 0 Å². The molecule has 0 bridgehead atoms. The van der Waals surface area contributed by atoms with E-state index in [-0.39, 0.29) is 5.56 Å². The van der Waals surface area contributed by atoms with E-state index in [1.165, 1.54) is 32.1 Å². The summed E-state index contributed by atoms with van der Waals surface area (Å²) >= 11 is 0. The first-order valence-electron chi connectivity index (χ1n) is 6.64. The first-order chi connectivity index (χ1) is 8.20. The second-order valence-electron chi connectivity index (χ2n) is 5.07. The molecule has 1 aromatic rings. The van der Waals surface area contributed by atoms with Crippen molar-refractivity contribution in [3.05, 3.63) is 28.7 Å². The Kier molecular flexibility index (Phi) is 3.87. The summed E-state index contributed by atoms with van der Waals surface area (Å²) in [6.45, 7) is 2.27. The van der Waals surface area contributed by atoms with Crippen molar-refractivity contribution in [2.75, 3.05) is 5.32 Å². The summed E-state index contributed by atoms with van der Waals surface area (Å²) in [6, 6.07) is 4.10. The minimum absolute atomic E-state index is 0.0474. The fourth-order valence-corrected chi connectivity index (χ4v) is 2.78. The van der Waals surface area contributed by atoms with Gasteiger partial charge in [0.2, 0.25) is 5.56 Å². The fourth-order valence-electron chi connectivity index (χ4n) is 2.78. The molecule has 0 saturated heterocycles. The molecule has 2 unspecified atom stereocenters. The molecule has 1 aromatic heterocycles. The van der Waals surface area contributed by atoms with E-state index in [4.69, 9.17) is 0 Å². The third-order valence-electron chi connectivity index (χ3n) is 3.87. The van der Waals surface area contributed by atoms with Gasteiger partial charge in [-0.15, -0.1) is 0 Å². The van der Waals surface area contributed by atoms with Gasteiger partial charge in [-0.05, 0) is 24.8 Å². The fraction of sp³-hybridized carbons (Fsp3) is 0.643. The molecule has 1 N–H and O–H groups in total. The lowest BCUT2D eigenvalue weighted by molar-refractivity contribution is 0.317. The lowest BCUT2D eigenvalue weighted by Gasteiger charge is -2.32. The van der Waals surface area contributed by atoms with E-state index in [2.05, 4.69) is 12.2 Å². The van der Waals surface area contributed by atoms with Gasteiger partial charge in [0.15, 0.2) is 0 Å². The van der Waals surface area contributed by atoms with Gasteiger partial charge in [0.05, 0.1) is 5.69 Å². The largest absolute Gasteiger partial charge is 0.381 e. The predicted octanol–water partition coefficient (Wildman–Crippen LogP) is 2.77. The van der Waals surface area contributed by atoms with Crippen LogP contribution < -0.4 is 10.9 Å². The zero-order chi connectivity index (χ0) is 12.3. The maximum Gasteiger partial charge on any atom is 0.250 e. The highest BCUT2D eigenvalue weighted by molar-refractivity contribution is 5.41. The summed E-state index contributed by atoms with van der Waals surface area (Å²) in [6.07, 6.45) is 8.40. The first kappa shape index (κ1) is 12.2. The Morgan fingerprint density at radius 2 is 2.12 bits per heavy atom. The summed E-state index contributed by atoms with van der Waals surface area (Å²) in [5.41, 5.74) is 1.11. The molecule has 0 radical (unpaired) electrons. The van der Waals surface area contributed by atoms with Gasteiger partial charge < -0.3 is 9.88 Å². The molecule has 2 atom stereocenters. The molecule has 1 fully saturated rings. The molecule has 3 heteroatoms. The first-order valence-corrected chi connectivity index (χ1v) is 6.64. The number of aryl methyl sites for hydroxylation is 1. The summed E-state index contributed by atoms with van der Waals surface area (Å²) in [4.78, 5) is 11.3. The summed E-state index contributed by atoms with van der Waals surface area (Å²) in [5.74, 6) is 0.779. The minimum atomic E-state index is 0.0474. The van der Waals surface area contributed by atoms with Gasteiger partial charge in [0.1, 0.15) is 0 Å². The number of nitrogens with zero attached hydrogens (tertiary/aromatic N) is 1. The average molecular weight is 234 g/mol. The van der Waals surface area contributed by atoms with Gasteiger partial charge in [-0.1, -0.05) is 26.2 Å². The van der Waals surface area contributed by atoms with Crippen LogP contribution in [0.5, 0.6) is 0 Å². The quantitative estimate of drug-likeness (QED) is 0.872. The third-order valence-corrected chi connectivity index (χ3v) is 3.87. The predicted molar refractivity (Wildman–Crippen MR) is 71.3 cm³/mol. The van der Waals surface area contributed by atoms with Crippen molar-refractivity contribution in [2.45, 2.75) is 45.1 Å². The Bertz CT molecular complexity index is 424. The van der Waals surface area contributed by atoms with Gasteiger partial charge in [0.25, 0.3) is 0 Å². The van der Waals surface area contributed by atoms with Crippen molar-refractivity contribution in [1.29, 1.82) is 0 Å². The van der Waals surface area contributed by atoms with Crippen LogP contribution in [-0.4, -0.2) is 10.6 Å². The SMILES string of the molecule is CCC1CCCCC1Nc1ccc(=O)n(C)c1. The zero-order valence-corrected chi connectivity index (χ0v) is 10.8. The summed E-state index contributed by atoms with van der Waals surface area (Å²) < 4.78 is 1.63. The summed E-state index contributed by atoms with van der Waals surface area (Å²) in [7, 11) is 1.80. The van der Waals surface area contributed by atoms with Crippen LogP contribution in [0.3, 0.4) is 0 Å². The number of hydrogen-bond donors (Lipinski definition) is 1. The zero-order valence-electron chi connectivity index (χ0n) is 10.8. The van der Waals surface area contributed by atoms with E-state index in [1.807, 2.05) is 12.3 Å². The molecule has 17 heavy (non-hydrogen) atoms. The Morgan fingerprint density at radius 3 is 2.82 bits per heavy atom. The molecule has 3 nitrogen and oxygen atoms in total. The van der Waals surface area contributed by atoms with Crippen molar-refractivity contribution in [2.24, 2.45) is 13.0 Å². The summed E-state index contributed by atoms with van der Waals surface area (Å²) in [5, 5.41) is 3.59. The van der Waals surface area contributed by atoms with Gasteiger partial charge in [-0.2, -0.15) is 0 Å². The molecule has 1 saturated carbocycles. The van der Waals surface area contributed by atoms with E-state index in [1.54, 1.807) is 17.7 Å². The molecule has 0 aliphatic heterocycles. The number of anilines is 1. The topological polar surface area (TPSA) is 34.0 Å². The smallest absolute Gasteiger partial charge is 0.250 e. The Balaban J connectivity index is 2.08. The van der Waals surface area contributed by atoms with Crippen molar-refractivity contribution in [1.82, 2.24) is 4.57 Å². The van der Waals surface area contributed by atoms with Crippen molar-refractivity contribution in [3.63, 3.8) is 0 Å². The maximum atomic E-state index is 11.3. The Morgan fingerprint density at radius 1 is 1.35 bits per heavy atom. The number of hydrogen-bond acceptors (Lipinski definition) is 2. The highest BCUT2D eigenvalue weighted by Gasteiger charge is 2.23. The van der Waals surface area contributed by atoms with Crippen LogP contribution in [0.15, 0.2) is 23.1 Å². The number of rotatable bonds is 3. The van der Waals surface area contributed by atoms with Crippen LogP contribution in [0.1, 0.15) is 39.0 Å². The van der Waals surface area contributed by atoms with Crippen LogP contribution in [0, 0.1) is 5.92 Å². The van der Waals surface area contributed by atoms with Gasteiger partial charge >= 0.3 is 0 Å². The molecular formula is C14H22N2O. The van der Waals surface area contributed by atoms with E-state index in [9.17, 15) is 4.79 Å². The van der Waals surface area contributed by atoms with Crippen molar-refractivity contribution >= 4 is 5.69 Å². The number of pyridine rings is 1. The van der Waals surface area contributed by atoms with Crippen molar-refractivity contribution < 1.29 is 0 Å². The average Bonchev–Trinajstić information content (AvgIpc) is 2.34. The number of aromatic nitrogens is 1.